The third-order valence-electron chi connectivity index (χ3n) is 6.46. The minimum Gasteiger partial charge on any atom is -0.353 e. The van der Waals surface area contributed by atoms with Crippen LogP contribution in [0.5, 0.6) is 0 Å². The molecule has 0 radical (unpaired) electrons. The number of carbonyl (C=O) groups is 1. The standard InChI is InChI=1S/C29H27Cl2N5O/c1-20-26(18-21-6-3-2-4-7-21)28(34-27(32-20)22-10-12-23(30)13-11-22)35-14-16-36(17-15-35)29(37)33-25-9-5-8-24(31)19-25/h2-13,19H,14-18H2,1H3,(H,33,37). The fourth-order valence-electron chi connectivity index (χ4n) is 4.47. The van der Waals surface area contributed by atoms with E-state index in [1.807, 2.05) is 66.4 Å². The van der Waals surface area contributed by atoms with E-state index in [1.54, 1.807) is 12.1 Å². The molecule has 1 N–H and O–H groups in total. The number of rotatable bonds is 5. The van der Waals surface area contributed by atoms with Gasteiger partial charge in [-0.2, -0.15) is 0 Å². The van der Waals surface area contributed by atoms with Gasteiger partial charge in [-0.15, -0.1) is 0 Å². The van der Waals surface area contributed by atoms with E-state index >= 15 is 0 Å². The van der Waals surface area contributed by atoms with Crippen molar-refractivity contribution < 1.29 is 4.79 Å². The summed E-state index contributed by atoms with van der Waals surface area (Å²) in [5.74, 6) is 1.58. The first kappa shape index (κ1) is 25.1. The molecule has 0 spiro atoms. The molecular weight excluding hydrogens is 505 g/mol. The topological polar surface area (TPSA) is 61.4 Å². The quantitative estimate of drug-likeness (QED) is 0.311. The van der Waals surface area contributed by atoms with Gasteiger partial charge in [-0.25, -0.2) is 14.8 Å². The number of amides is 2. The number of benzene rings is 3. The van der Waals surface area contributed by atoms with Crippen molar-refractivity contribution >= 4 is 40.7 Å². The number of nitrogens with zero attached hydrogens (tertiary/aromatic N) is 4. The predicted octanol–water partition coefficient (Wildman–Crippen LogP) is 6.70. The van der Waals surface area contributed by atoms with Crippen LogP contribution in [0, 0.1) is 6.92 Å². The smallest absolute Gasteiger partial charge is 0.321 e. The number of piperazine rings is 1. The van der Waals surface area contributed by atoms with E-state index in [4.69, 9.17) is 33.2 Å². The molecule has 0 unspecified atom stereocenters. The first-order chi connectivity index (χ1) is 18.0. The van der Waals surface area contributed by atoms with E-state index in [1.165, 1.54) is 5.56 Å². The van der Waals surface area contributed by atoms with E-state index < -0.39 is 0 Å². The fraction of sp³-hybridized carbons (Fsp3) is 0.207. The number of aromatic nitrogens is 2. The lowest BCUT2D eigenvalue weighted by atomic mass is 10.0. The highest BCUT2D eigenvalue weighted by Crippen LogP contribution is 2.29. The van der Waals surface area contributed by atoms with Crippen molar-refractivity contribution in [3.05, 3.63) is 106 Å². The zero-order valence-corrected chi connectivity index (χ0v) is 22.0. The molecule has 0 aliphatic carbocycles. The summed E-state index contributed by atoms with van der Waals surface area (Å²) in [6.45, 7) is 4.53. The number of urea groups is 1. The lowest BCUT2D eigenvalue weighted by Gasteiger charge is -2.36. The van der Waals surface area contributed by atoms with Crippen LogP contribution >= 0.6 is 23.2 Å². The number of nitrogens with one attached hydrogen (secondary N) is 1. The molecule has 1 saturated heterocycles. The molecule has 1 aliphatic rings. The Morgan fingerprint density at radius 3 is 2.30 bits per heavy atom. The van der Waals surface area contributed by atoms with Gasteiger partial charge in [0.05, 0.1) is 0 Å². The Hall–Kier alpha value is -3.61. The molecule has 37 heavy (non-hydrogen) atoms. The number of halogens is 2. The lowest BCUT2D eigenvalue weighted by molar-refractivity contribution is 0.208. The van der Waals surface area contributed by atoms with Crippen LogP contribution in [-0.2, 0) is 6.42 Å². The van der Waals surface area contributed by atoms with E-state index in [0.29, 0.717) is 47.7 Å². The number of carbonyl (C=O) groups excluding carboxylic acids is 1. The van der Waals surface area contributed by atoms with Gasteiger partial charge in [-0.1, -0.05) is 59.6 Å². The van der Waals surface area contributed by atoms with Gasteiger partial charge in [-0.05, 0) is 55.0 Å². The normalized spacial score (nSPS) is 13.5. The van der Waals surface area contributed by atoms with Crippen molar-refractivity contribution in [2.75, 3.05) is 36.4 Å². The highest BCUT2D eigenvalue weighted by molar-refractivity contribution is 6.31. The fourth-order valence-corrected chi connectivity index (χ4v) is 4.78. The monoisotopic (exact) mass is 531 g/mol. The summed E-state index contributed by atoms with van der Waals surface area (Å²) in [5, 5.41) is 4.20. The first-order valence-electron chi connectivity index (χ1n) is 12.2. The Labute approximate surface area is 226 Å². The summed E-state index contributed by atoms with van der Waals surface area (Å²) in [4.78, 5) is 26.8. The summed E-state index contributed by atoms with van der Waals surface area (Å²) in [6.07, 6.45) is 0.734. The summed E-state index contributed by atoms with van der Waals surface area (Å²) < 4.78 is 0. The molecule has 2 heterocycles. The molecule has 1 aliphatic heterocycles. The Kier molecular flexibility index (Phi) is 7.58. The van der Waals surface area contributed by atoms with E-state index in [9.17, 15) is 4.79 Å². The van der Waals surface area contributed by atoms with Crippen molar-refractivity contribution in [2.24, 2.45) is 0 Å². The van der Waals surface area contributed by atoms with Gasteiger partial charge in [0.25, 0.3) is 0 Å². The van der Waals surface area contributed by atoms with Crippen molar-refractivity contribution in [2.45, 2.75) is 13.3 Å². The number of hydrogen-bond donors (Lipinski definition) is 1. The molecule has 5 rings (SSSR count). The van der Waals surface area contributed by atoms with Gasteiger partial charge >= 0.3 is 6.03 Å². The van der Waals surface area contributed by atoms with Gasteiger partial charge < -0.3 is 15.1 Å². The highest BCUT2D eigenvalue weighted by Gasteiger charge is 2.25. The van der Waals surface area contributed by atoms with Crippen LogP contribution in [0.25, 0.3) is 11.4 Å². The van der Waals surface area contributed by atoms with Crippen LogP contribution < -0.4 is 10.2 Å². The number of hydrogen-bond acceptors (Lipinski definition) is 4. The summed E-state index contributed by atoms with van der Waals surface area (Å²) >= 11 is 12.2. The zero-order valence-electron chi connectivity index (χ0n) is 20.5. The maximum atomic E-state index is 12.9. The van der Waals surface area contributed by atoms with Gasteiger partial charge in [0.15, 0.2) is 5.82 Å². The van der Waals surface area contributed by atoms with E-state index in [2.05, 4.69) is 22.3 Å². The van der Waals surface area contributed by atoms with Gasteiger partial charge in [0.1, 0.15) is 5.82 Å². The van der Waals surface area contributed by atoms with Gasteiger partial charge in [-0.3, -0.25) is 0 Å². The van der Waals surface area contributed by atoms with Crippen LogP contribution in [0.4, 0.5) is 16.3 Å². The molecule has 6 nitrogen and oxygen atoms in total. The summed E-state index contributed by atoms with van der Waals surface area (Å²) in [7, 11) is 0. The molecule has 0 bridgehead atoms. The van der Waals surface area contributed by atoms with Gasteiger partial charge in [0.2, 0.25) is 0 Å². The largest absolute Gasteiger partial charge is 0.353 e. The molecule has 0 atom stereocenters. The first-order valence-corrected chi connectivity index (χ1v) is 13.0. The average Bonchev–Trinajstić information content (AvgIpc) is 2.91. The maximum Gasteiger partial charge on any atom is 0.321 e. The molecular formula is C29H27Cl2N5O. The Morgan fingerprint density at radius 1 is 0.865 bits per heavy atom. The number of anilines is 2. The zero-order chi connectivity index (χ0) is 25.8. The second-order valence-electron chi connectivity index (χ2n) is 9.02. The van der Waals surface area contributed by atoms with Gasteiger partial charge in [0, 0.05) is 65.2 Å². The third-order valence-corrected chi connectivity index (χ3v) is 6.95. The molecule has 2 amide bonds. The predicted molar refractivity (Wildman–Crippen MR) is 151 cm³/mol. The van der Waals surface area contributed by atoms with Crippen LogP contribution in [-0.4, -0.2) is 47.1 Å². The SMILES string of the molecule is Cc1nc(-c2ccc(Cl)cc2)nc(N2CCN(C(=O)Nc3cccc(Cl)c3)CC2)c1Cc1ccccc1. The Bertz CT molecular complexity index is 1390. The summed E-state index contributed by atoms with van der Waals surface area (Å²) in [5.41, 5.74) is 4.85. The second kappa shape index (κ2) is 11.2. The van der Waals surface area contributed by atoms with E-state index in [0.717, 1.165) is 29.1 Å². The van der Waals surface area contributed by atoms with Crippen molar-refractivity contribution in [3.8, 4) is 11.4 Å². The third kappa shape index (κ3) is 6.04. The highest BCUT2D eigenvalue weighted by atomic mass is 35.5. The Balaban J connectivity index is 1.39. The van der Waals surface area contributed by atoms with Crippen molar-refractivity contribution in [1.29, 1.82) is 0 Å². The van der Waals surface area contributed by atoms with Crippen LogP contribution in [0.2, 0.25) is 10.0 Å². The maximum absolute atomic E-state index is 12.9. The molecule has 4 aromatic rings. The molecule has 8 heteroatoms. The molecule has 1 fully saturated rings. The second-order valence-corrected chi connectivity index (χ2v) is 9.89. The molecule has 0 saturated carbocycles. The minimum absolute atomic E-state index is 0.132. The number of aryl methyl sites for hydroxylation is 1. The minimum atomic E-state index is -0.132. The molecule has 1 aromatic heterocycles. The molecule has 3 aromatic carbocycles. The van der Waals surface area contributed by atoms with Crippen LogP contribution in [0.15, 0.2) is 78.9 Å². The lowest BCUT2D eigenvalue weighted by Crippen LogP contribution is -2.50. The van der Waals surface area contributed by atoms with E-state index in [-0.39, 0.29) is 6.03 Å². The average molecular weight is 532 g/mol. The Morgan fingerprint density at radius 2 is 1.59 bits per heavy atom. The molecule has 188 valence electrons. The van der Waals surface area contributed by atoms with Crippen molar-refractivity contribution in [1.82, 2.24) is 14.9 Å². The van der Waals surface area contributed by atoms with Crippen LogP contribution in [0.3, 0.4) is 0 Å². The van der Waals surface area contributed by atoms with Crippen molar-refractivity contribution in [3.63, 3.8) is 0 Å². The van der Waals surface area contributed by atoms with Crippen LogP contribution in [0.1, 0.15) is 16.8 Å². The summed E-state index contributed by atoms with van der Waals surface area (Å²) in [6, 6.07) is 25.0.